The quantitative estimate of drug-likeness (QED) is 0.921. The Bertz CT molecular complexity index is 573. The number of anilines is 1. The van der Waals surface area contributed by atoms with Gasteiger partial charge in [0.05, 0.1) is 11.8 Å². The summed E-state index contributed by atoms with van der Waals surface area (Å²) in [6.07, 6.45) is 1.69. The Morgan fingerprint density at radius 1 is 1.15 bits per heavy atom. The second-order valence-corrected chi connectivity index (χ2v) is 5.34. The van der Waals surface area contributed by atoms with Gasteiger partial charge in [-0.2, -0.15) is 0 Å². The molecule has 0 unspecified atom stereocenters. The Labute approximate surface area is 118 Å². The molecule has 0 aliphatic carbocycles. The maximum absolute atomic E-state index is 5.84. The number of nitrogens with two attached hydrogens (primary N) is 1. The van der Waals surface area contributed by atoms with Crippen LogP contribution in [0, 0.1) is 0 Å². The average molecular weight is 272 g/mol. The summed E-state index contributed by atoms with van der Waals surface area (Å²) >= 11 is 0. The number of hydrogen-bond acceptors (Lipinski definition) is 5. The summed E-state index contributed by atoms with van der Waals surface area (Å²) in [6, 6.07) is 8.32. The molecular formula is C15H20N4O. The molecule has 2 N–H and O–H groups in total. The van der Waals surface area contributed by atoms with Crippen LogP contribution in [0.15, 0.2) is 35.0 Å². The van der Waals surface area contributed by atoms with Crippen molar-refractivity contribution in [2.75, 3.05) is 39.0 Å². The first-order chi connectivity index (χ1) is 9.74. The number of piperazine rings is 1. The lowest BCUT2D eigenvalue weighted by atomic mass is 10.0. The second-order valence-electron chi connectivity index (χ2n) is 5.34. The lowest BCUT2D eigenvalue weighted by Crippen LogP contribution is -2.43. The molecule has 0 radical (unpaired) electrons. The van der Waals surface area contributed by atoms with Crippen LogP contribution >= 0.6 is 0 Å². The van der Waals surface area contributed by atoms with Crippen molar-refractivity contribution in [3.05, 3.63) is 36.0 Å². The highest BCUT2D eigenvalue weighted by molar-refractivity contribution is 5.74. The molecule has 1 aliphatic rings. The summed E-state index contributed by atoms with van der Waals surface area (Å²) in [5.41, 5.74) is 9.11. The number of hydrogen-bond donors (Lipinski definition) is 1. The third-order valence-electron chi connectivity index (χ3n) is 3.90. The highest BCUT2D eigenvalue weighted by Crippen LogP contribution is 2.29. The molecule has 1 aromatic carbocycles. The van der Waals surface area contributed by atoms with Crippen LogP contribution < -0.4 is 5.73 Å². The summed E-state index contributed by atoms with van der Waals surface area (Å²) in [5.74, 6) is 0.385. The molecule has 106 valence electrons. The van der Waals surface area contributed by atoms with Gasteiger partial charge in [0, 0.05) is 32.7 Å². The summed E-state index contributed by atoms with van der Waals surface area (Å²) < 4.78 is 4.99. The SMILES string of the molecule is CN1CCN(Cc2ccccc2-c2cnoc2N)CC1. The number of benzene rings is 1. The van der Waals surface area contributed by atoms with Gasteiger partial charge in [-0.3, -0.25) is 4.90 Å². The lowest BCUT2D eigenvalue weighted by Gasteiger charge is -2.32. The largest absolute Gasteiger partial charge is 0.367 e. The minimum Gasteiger partial charge on any atom is -0.367 e. The van der Waals surface area contributed by atoms with Gasteiger partial charge >= 0.3 is 0 Å². The van der Waals surface area contributed by atoms with Crippen molar-refractivity contribution in [2.45, 2.75) is 6.54 Å². The number of nitrogens with zero attached hydrogens (tertiary/aromatic N) is 3. The predicted molar refractivity (Wildman–Crippen MR) is 79.1 cm³/mol. The summed E-state index contributed by atoms with van der Waals surface area (Å²) in [6.45, 7) is 5.39. The van der Waals surface area contributed by atoms with Gasteiger partial charge in [-0.05, 0) is 18.2 Å². The van der Waals surface area contributed by atoms with Crippen molar-refractivity contribution in [1.29, 1.82) is 0 Å². The number of likely N-dealkylation sites (N-methyl/N-ethyl adjacent to an activating group) is 1. The van der Waals surface area contributed by atoms with Gasteiger partial charge in [0.25, 0.3) is 0 Å². The monoisotopic (exact) mass is 272 g/mol. The van der Waals surface area contributed by atoms with Crippen LogP contribution in [-0.2, 0) is 6.54 Å². The van der Waals surface area contributed by atoms with Gasteiger partial charge in [0.15, 0.2) is 0 Å². The highest BCUT2D eigenvalue weighted by atomic mass is 16.5. The van der Waals surface area contributed by atoms with E-state index in [0.29, 0.717) is 5.88 Å². The molecule has 2 heterocycles. The first-order valence-corrected chi connectivity index (χ1v) is 6.93. The maximum atomic E-state index is 5.84. The zero-order valence-electron chi connectivity index (χ0n) is 11.7. The Kier molecular flexibility index (Phi) is 3.71. The van der Waals surface area contributed by atoms with E-state index in [1.165, 1.54) is 5.56 Å². The molecule has 1 aliphatic heterocycles. The van der Waals surface area contributed by atoms with Crippen LogP contribution in [0.3, 0.4) is 0 Å². The molecule has 0 atom stereocenters. The Morgan fingerprint density at radius 3 is 2.60 bits per heavy atom. The van der Waals surface area contributed by atoms with E-state index in [4.69, 9.17) is 10.3 Å². The second kappa shape index (κ2) is 5.64. The van der Waals surface area contributed by atoms with Crippen LogP contribution in [0.1, 0.15) is 5.56 Å². The number of rotatable bonds is 3. The van der Waals surface area contributed by atoms with E-state index in [1.807, 2.05) is 6.07 Å². The summed E-state index contributed by atoms with van der Waals surface area (Å²) in [5, 5.41) is 3.78. The molecule has 0 bridgehead atoms. The molecule has 20 heavy (non-hydrogen) atoms. The third kappa shape index (κ3) is 2.69. The Hall–Kier alpha value is -1.85. The first-order valence-electron chi connectivity index (χ1n) is 6.93. The normalized spacial score (nSPS) is 17.4. The van der Waals surface area contributed by atoms with Gasteiger partial charge in [-0.15, -0.1) is 0 Å². The fraction of sp³-hybridized carbons (Fsp3) is 0.400. The van der Waals surface area contributed by atoms with Gasteiger partial charge < -0.3 is 15.2 Å². The van der Waals surface area contributed by atoms with E-state index < -0.39 is 0 Å². The van der Waals surface area contributed by atoms with Crippen molar-refractivity contribution in [1.82, 2.24) is 15.0 Å². The fourth-order valence-electron chi connectivity index (χ4n) is 2.62. The smallest absolute Gasteiger partial charge is 0.229 e. The van der Waals surface area contributed by atoms with Gasteiger partial charge in [0.1, 0.15) is 0 Å². The standard InChI is InChI=1S/C15H20N4O/c1-18-6-8-19(9-7-18)11-12-4-2-3-5-13(12)14-10-17-20-15(14)16/h2-5,10H,6-9,11,16H2,1H3. The van der Waals surface area contributed by atoms with Crippen LogP contribution in [0.4, 0.5) is 5.88 Å². The van der Waals surface area contributed by atoms with Crippen molar-refractivity contribution < 1.29 is 4.52 Å². The van der Waals surface area contributed by atoms with Gasteiger partial charge in [-0.25, -0.2) is 0 Å². The number of nitrogen functional groups attached to an aromatic ring is 1. The minimum atomic E-state index is 0.385. The molecule has 0 spiro atoms. The van der Waals surface area contributed by atoms with Crippen LogP contribution in [0.5, 0.6) is 0 Å². The van der Waals surface area contributed by atoms with Crippen molar-refractivity contribution in [2.24, 2.45) is 0 Å². The molecule has 5 nitrogen and oxygen atoms in total. The topological polar surface area (TPSA) is 58.5 Å². The molecule has 0 saturated carbocycles. The van der Waals surface area contributed by atoms with Crippen molar-refractivity contribution >= 4 is 5.88 Å². The molecule has 1 fully saturated rings. The highest BCUT2D eigenvalue weighted by Gasteiger charge is 2.17. The van der Waals surface area contributed by atoms with Crippen molar-refractivity contribution in [3.8, 4) is 11.1 Å². The van der Waals surface area contributed by atoms with Crippen LogP contribution in [-0.4, -0.2) is 48.2 Å². The molecule has 1 aromatic heterocycles. The van der Waals surface area contributed by atoms with Crippen LogP contribution in [0.25, 0.3) is 11.1 Å². The fourth-order valence-corrected chi connectivity index (χ4v) is 2.62. The molecule has 3 rings (SSSR count). The Balaban J connectivity index is 1.82. The zero-order chi connectivity index (χ0) is 13.9. The average Bonchev–Trinajstić information content (AvgIpc) is 2.88. The van der Waals surface area contributed by atoms with Gasteiger partial charge in [-0.1, -0.05) is 29.4 Å². The predicted octanol–water partition coefficient (Wildman–Crippen LogP) is 1.67. The number of aromatic nitrogens is 1. The van der Waals surface area contributed by atoms with E-state index in [-0.39, 0.29) is 0 Å². The van der Waals surface area contributed by atoms with E-state index in [1.54, 1.807) is 6.20 Å². The zero-order valence-corrected chi connectivity index (χ0v) is 11.7. The van der Waals surface area contributed by atoms with Crippen molar-refractivity contribution in [3.63, 3.8) is 0 Å². The summed E-state index contributed by atoms with van der Waals surface area (Å²) in [4.78, 5) is 4.84. The third-order valence-corrected chi connectivity index (χ3v) is 3.90. The molecular weight excluding hydrogens is 252 g/mol. The van der Waals surface area contributed by atoms with Gasteiger partial charge in [0.2, 0.25) is 5.88 Å². The Morgan fingerprint density at radius 2 is 1.90 bits per heavy atom. The van der Waals surface area contributed by atoms with E-state index in [9.17, 15) is 0 Å². The molecule has 1 saturated heterocycles. The van der Waals surface area contributed by atoms with E-state index in [0.717, 1.165) is 43.9 Å². The summed E-state index contributed by atoms with van der Waals surface area (Å²) in [7, 11) is 2.17. The minimum absolute atomic E-state index is 0.385. The molecule has 2 aromatic rings. The van der Waals surface area contributed by atoms with E-state index in [2.05, 4.69) is 40.2 Å². The van der Waals surface area contributed by atoms with E-state index >= 15 is 0 Å². The first kappa shape index (κ1) is 13.1. The molecule has 5 heteroatoms. The molecule has 0 amide bonds. The van der Waals surface area contributed by atoms with Crippen LogP contribution in [0.2, 0.25) is 0 Å². The maximum Gasteiger partial charge on any atom is 0.229 e. The lowest BCUT2D eigenvalue weighted by molar-refractivity contribution is 0.148.